The maximum atomic E-state index is 11.9. The number of hydrogen-bond donors (Lipinski definition) is 1. The lowest BCUT2D eigenvalue weighted by Crippen LogP contribution is -2.43. The molecule has 0 fully saturated rings. The number of carbonyl (C=O) groups is 1. The highest BCUT2D eigenvalue weighted by Crippen LogP contribution is 2.27. The standard InChI is InChI=1S/C14H20N2O/c1-3-8-15-14(17)16-9-11(2)13-7-5-4-6-12(13)10-16/h4-7,11H,3,8-10H2,1-2H3,(H,15,17). The molecule has 0 aliphatic carbocycles. The number of benzene rings is 1. The highest BCUT2D eigenvalue weighted by Gasteiger charge is 2.24. The summed E-state index contributed by atoms with van der Waals surface area (Å²) in [5.41, 5.74) is 2.66. The van der Waals surface area contributed by atoms with Gasteiger partial charge in [0.25, 0.3) is 0 Å². The highest BCUT2D eigenvalue weighted by atomic mass is 16.2. The summed E-state index contributed by atoms with van der Waals surface area (Å²) in [5, 5.41) is 2.94. The largest absolute Gasteiger partial charge is 0.338 e. The Morgan fingerprint density at radius 2 is 2.24 bits per heavy atom. The number of nitrogens with one attached hydrogen (secondary N) is 1. The van der Waals surface area contributed by atoms with Gasteiger partial charge in [-0.1, -0.05) is 38.1 Å². The van der Waals surface area contributed by atoms with E-state index in [0.717, 1.165) is 26.1 Å². The van der Waals surface area contributed by atoms with E-state index in [-0.39, 0.29) is 6.03 Å². The van der Waals surface area contributed by atoms with Crippen LogP contribution in [0.3, 0.4) is 0 Å². The highest BCUT2D eigenvalue weighted by molar-refractivity contribution is 5.74. The first kappa shape index (κ1) is 12.0. The first-order valence-electron chi connectivity index (χ1n) is 6.33. The van der Waals surface area contributed by atoms with Gasteiger partial charge in [0, 0.05) is 19.6 Å². The summed E-state index contributed by atoms with van der Waals surface area (Å²) in [6.45, 7) is 6.54. The van der Waals surface area contributed by atoms with Crippen molar-refractivity contribution in [2.24, 2.45) is 0 Å². The van der Waals surface area contributed by atoms with Crippen LogP contribution in [-0.4, -0.2) is 24.0 Å². The zero-order valence-corrected chi connectivity index (χ0v) is 10.6. The molecule has 1 heterocycles. The third kappa shape index (κ3) is 2.60. The third-order valence-electron chi connectivity index (χ3n) is 3.25. The molecule has 17 heavy (non-hydrogen) atoms. The lowest BCUT2D eigenvalue weighted by molar-refractivity contribution is 0.187. The van der Waals surface area contributed by atoms with E-state index in [1.165, 1.54) is 11.1 Å². The molecule has 1 aliphatic heterocycles. The van der Waals surface area contributed by atoms with Crippen LogP contribution in [0.25, 0.3) is 0 Å². The van der Waals surface area contributed by atoms with Crippen LogP contribution in [-0.2, 0) is 6.54 Å². The summed E-state index contributed by atoms with van der Waals surface area (Å²) in [6.07, 6.45) is 0.978. The number of fused-ring (bicyclic) bond motifs is 1. The Hall–Kier alpha value is -1.51. The van der Waals surface area contributed by atoms with Gasteiger partial charge in [0.15, 0.2) is 0 Å². The van der Waals surface area contributed by atoms with Gasteiger partial charge in [0.1, 0.15) is 0 Å². The van der Waals surface area contributed by atoms with Gasteiger partial charge in [0.05, 0.1) is 0 Å². The summed E-state index contributed by atoms with van der Waals surface area (Å²) in [6, 6.07) is 8.46. The van der Waals surface area contributed by atoms with Crippen molar-refractivity contribution in [2.45, 2.75) is 32.7 Å². The van der Waals surface area contributed by atoms with E-state index < -0.39 is 0 Å². The molecule has 1 unspecified atom stereocenters. The quantitative estimate of drug-likeness (QED) is 0.835. The molecule has 0 spiro atoms. The summed E-state index contributed by atoms with van der Waals surface area (Å²) in [4.78, 5) is 13.8. The molecular weight excluding hydrogens is 212 g/mol. The molecule has 3 nitrogen and oxygen atoms in total. The van der Waals surface area contributed by atoms with Gasteiger partial charge in [-0.3, -0.25) is 0 Å². The van der Waals surface area contributed by atoms with Gasteiger partial charge >= 0.3 is 6.03 Å². The molecule has 0 saturated carbocycles. The molecule has 1 aromatic carbocycles. The molecule has 1 aromatic rings. The van der Waals surface area contributed by atoms with Crippen molar-refractivity contribution in [1.82, 2.24) is 10.2 Å². The molecule has 2 amide bonds. The molecule has 3 heteroatoms. The Kier molecular flexibility index (Phi) is 3.67. The summed E-state index contributed by atoms with van der Waals surface area (Å²) in [7, 11) is 0. The van der Waals surface area contributed by atoms with E-state index in [2.05, 4.69) is 37.4 Å². The number of nitrogens with zero attached hydrogens (tertiary/aromatic N) is 1. The van der Waals surface area contributed by atoms with Crippen LogP contribution in [0.1, 0.15) is 37.3 Å². The van der Waals surface area contributed by atoms with Gasteiger partial charge in [-0.2, -0.15) is 0 Å². The Morgan fingerprint density at radius 3 is 3.00 bits per heavy atom. The molecule has 0 aromatic heterocycles. The van der Waals surface area contributed by atoms with E-state index in [9.17, 15) is 4.79 Å². The van der Waals surface area contributed by atoms with Crippen LogP contribution in [0, 0.1) is 0 Å². The van der Waals surface area contributed by atoms with Gasteiger partial charge in [-0.25, -0.2) is 4.79 Å². The Balaban J connectivity index is 2.08. The first-order valence-corrected chi connectivity index (χ1v) is 6.33. The Labute approximate surface area is 103 Å². The molecular formula is C14H20N2O. The fourth-order valence-electron chi connectivity index (χ4n) is 2.36. The topological polar surface area (TPSA) is 32.3 Å². The molecule has 2 rings (SSSR count). The summed E-state index contributed by atoms with van der Waals surface area (Å²) in [5.74, 6) is 0.423. The lowest BCUT2D eigenvalue weighted by atomic mass is 9.91. The smallest absolute Gasteiger partial charge is 0.317 e. The molecule has 92 valence electrons. The van der Waals surface area contributed by atoms with Gasteiger partial charge < -0.3 is 10.2 Å². The van der Waals surface area contributed by atoms with Crippen molar-refractivity contribution in [3.8, 4) is 0 Å². The summed E-state index contributed by atoms with van der Waals surface area (Å²) < 4.78 is 0. The van der Waals surface area contributed by atoms with E-state index in [1.54, 1.807) is 0 Å². The van der Waals surface area contributed by atoms with Crippen LogP contribution in [0.15, 0.2) is 24.3 Å². The van der Waals surface area contributed by atoms with Gasteiger partial charge in [-0.05, 0) is 23.5 Å². The molecule has 0 radical (unpaired) electrons. The van der Waals surface area contributed by atoms with Crippen molar-refractivity contribution in [1.29, 1.82) is 0 Å². The molecule has 0 bridgehead atoms. The molecule has 1 aliphatic rings. The maximum Gasteiger partial charge on any atom is 0.317 e. The van der Waals surface area contributed by atoms with Crippen LogP contribution in [0.5, 0.6) is 0 Å². The molecule has 1 atom stereocenters. The second kappa shape index (κ2) is 5.21. The van der Waals surface area contributed by atoms with Crippen LogP contribution >= 0.6 is 0 Å². The van der Waals surface area contributed by atoms with Gasteiger partial charge in [0.2, 0.25) is 0 Å². The van der Waals surface area contributed by atoms with E-state index in [0.29, 0.717) is 5.92 Å². The Bertz CT molecular complexity index is 403. The number of hydrogen-bond acceptors (Lipinski definition) is 1. The average molecular weight is 232 g/mol. The maximum absolute atomic E-state index is 11.9. The first-order chi connectivity index (χ1) is 8.22. The minimum atomic E-state index is 0.0632. The van der Waals surface area contributed by atoms with E-state index in [1.807, 2.05) is 11.0 Å². The predicted octanol–water partition coefficient (Wildman–Crippen LogP) is 2.73. The van der Waals surface area contributed by atoms with Crippen molar-refractivity contribution in [3.05, 3.63) is 35.4 Å². The SMILES string of the molecule is CCCNC(=O)N1Cc2ccccc2C(C)C1. The van der Waals surface area contributed by atoms with Crippen LogP contribution in [0.4, 0.5) is 4.79 Å². The zero-order chi connectivity index (χ0) is 12.3. The van der Waals surface area contributed by atoms with Crippen molar-refractivity contribution < 1.29 is 4.79 Å². The summed E-state index contributed by atoms with van der Waals surface area (Å²) >= 11 is 0. The van der Waals surface area contributed by atoms with Crippen molar-refractivity contribution in [2.75, 3.05) is 13.1 Å². The fourth-order valence-corrected chi connectivity index (χ4v) is 2.36. The molecule has 1 N–H and O–H groups in total. The minimum Gasteiger partial charge on any atom is -0.338 e. The van der Waals surface area contributed by atoms with E-state index in [4.69, 9.17) is 0 Å². The van der Waals surface area contributed by atoms with Crippen LogP contribution < -0.4 is 5.32 Å². The number of rotatable bonds is 2. The predicted molar refractivity (Wildman–Crippen MR) is 69.0 cm³/mol. The molecule has 0 saturated heterocycles. The van der Waals surface area contributed by atoms with Crippen molar-refractivity contribution in [3.63, 3.8) is 0 Å². The minimum absolute atomic E-state index is 0.0632. The second-order valence-electron chi connectivity index (χ2n) is 4.71. The number of amides is 2. The fraction of sp³-hybridized carbons (Fsp3) is 0.500. The van der Waals surface area contributed by atoms with Crippen molar-refractivity contribution >= 4 is 6.03 Å². The Morgan fingerprint density at radius 1 is 1.47 bits per heavy atom. The number of urea groups is 1. The normalized spacial score (nSPS) is 18.7. The van der Waals surface area contributed by atoms with Gasteiger partial charge in [-0.15, -0.1) is 0 Å². The lowest BCUT2D eigenvalue weighted by Gasteiger charge is -2.33. The number of carbonyl (C=O) groups excluding carboxylic acids is 1. The van der Waals surface area contributed by atoms with Crippen LogP contribution in [0.2, 0.25) is 0 Å². The zero-order valence-electron chi connectivity index (χ0n) is 10.6. The second-order valence-corrected chi connectivity index (χ2v) is 4.71. The average Bonchev–Trinajstić information content (AvgIpc) is 2.36. The third-order valence-corrected chi connectivity index (χ3v) is 3.25. The van der Waals surface area contributed by atoms with E-state index >= 15 is 0 Å². The monoisotopic (exact) mass is 232 g/mol.